The first-order chi connectivity index (χ1) is 9.79. The summed E-state index contributed by atoms with van der Waals surface area (Å²) in [4.78, 5) is 0. The average Bonchev–Trinajstić information content (AvgIpc) is 3.23. The normalized spacial score (nSPS) is 22.7. The van der Waals surface area contributed by atoms with Crippen LogP contribution in [0.3, 0.4) is 0 Å². The molecule has 1 aliphatic heterocycles. The van der Waals surface area contributed by atoms with Crippen LogP contribution in [-0.4, -0.2) is 30.5 Å². The summed E-state index contributed by atoms with van der Waals surface area (Å²) in [5.74, 6) is 0.692. The van der Waals surface area contributed by atoms with Gasteiger partial charge in [0, 0.05) is 6.61 Å². The summed E-state index contributed by atoms with van der Waals surface area (Å²) in [6.45, 7) is 3.99. The molecule has 1 heterocycles. The molecular weight excluding hydrogens is 252 g/mol. The van der Waals surface area contributed by atoms with Crippen LogP contribution in [0.15, 0.2) is 30.3 Å². The van der Waals surface area contributed by atoms with Crippen LogP contribution in [0.2, 0.25) is 0 Å². The van der Waals surface area contributed by atoms with Crippen LogP contribution in [0, 0.1) is 5.92 Å². The van der Waals surface area contributed by atoms with Crippen molar-refractivity contribution in [3.05, 3.63) is 35.9 Å². The highest BCUT2D eigenvalue weighted by atomic mass is 16.6. The second kappa shape index (κ2) is 8.40. The molecule has 1 aromatic carbocycles. The van der Waals surface area contributed by atoms with Crippen LogP contribution >= 0.6 is 0 Å². The molecule has 0 radical (unpaired) electrons. The van der Waals surface area contributed by atoms with Crippen molar-refractivity contribution in [3.63, 3.8) is 0 Å². The SMILES string of the molecule is C[C@H](CCC[C@H]1O[C@@H]1CO)CCOCc1ccccc1. The molecule has 20 heavy (non-hydrogen) atoms. The van der Waals surface area contributed by atoms with Gasteiger partial charge < -0.3 is 14.6 Å². The molecule has 0 amide bonds. The molecule has 2 rings (SSSR count). The van der Waals surface area contributed by atoms with Gasteiger partial charge in [0.05, 0.1) is 19.3 Å². The van der Waals surface area contributed by atoms with Gasteiger partial charge in [0.2, 0.25) is 0 Å². The summed E-state index contributed by atoms with van der Waals surface area (Å²) in [6.07, 6.45) is 5.04. The highest BCUT2D eigenvalue weighted by Crippen LogP contribution is 2.27. The molecule has 0 saturated carbocycles. The molecule has 1 aromatic rings. The molecule has 3 nitrogen and oxygen atoms in total. The van der Waals surface area contributed by atoms with Crippen molar-refractivity contribution in [3.8, 4) is 0 Å². The molecule has 3 heteroatoms. The third kappa shape index (κ3) is 5.61. The Morgan fingerprint density at radius 1 is 1.20 bits per heavy atom. The van der Waals surface area contributed by atoms with E-state index in [1.807, 2.05) is 18.2 Å². The monoisotopic (exact) mass is 278 g/mol. The van der Waals surface area contributed by atoms with E-state index >= 15 is 0 Å². The van der Waals surface area contributed by atoms with E-state index in [0.29, 0.717) is 18.6 Å². The van der Waals surface area contributed by atoms with Crippen molar-refractivity contribution in [2.45, 2.75) is 51.4 Å². The number of hydrogen-bond donors (Lipinski definition) is 1. The first-order valence-corrected chi connectivity index (χ1v) is 7.67. The minimum Gasteiger partial charge on any atom is -0.394 e. The summed E-state index contributed by atoms with van der Waals surface area (Å²) in [5.41, 5.74) is 1.24. The maximum atomic E-state index is 8.88. The van der Waals surface area contributed by atoms with Crippen LogP contribution in [-0.2, 0) is 16.1 Å². The van der Waals surface area contributed by atoms with Gasteiger partial charge in [-0.15, -0.1) is 0 Å². The Morgan fingerprint density at radius 2 is 2.00 bits per heavy atom. The van der Waals surface area contributed by atoms with Gasteiger partial charge in [0.1, 0.15) is 6.10 Å². The molecule has 1 N–H and O–H groups in total. The lowest BCUT2D eigenvalue weighted by Crippen LogP contribution is -2.04. The number of hydrogen-bond acceptors (Lipinski definition) is 3. The van der Waals surface area contributed by atoms with Gasteiger partial charge in [0.15, 0.2) is 0 Å². The maximum absolute atomic E-state index is 8.88. The first kappa shape index (κ1) is 15.5. The second-order valence-electron chi connectivity index (χ2n) is 5.76. The van der Waals surface area contributed by atoms with Crippen LogP contribution in [0.5, 0.6) is 0 Å². The van der Waals surface area contributed by atoms with Crippen molar-refractivity contribution >= 4 is 0 Å². The topological polar surface area (TPSA) is 42.0 Å². The lowest BCUT2D eigenvalue weighted by molar-refractivity contribution is 0.107. The first-order valence-electron chi connectivity index (χ1n) is 7.67. The standard InChI is InChI=1S/C17H26O3/c1-14(6-5-9-16-17(12-18)20-16)10-11-19-13-15-7-3-2-4-8-15/h2-4,7-8,14,16-18H,5-6,9-13H2,1H3/t14-,16-,17-/m1/s1. The zero-order valence-corrected chi connectivity index (χ0v) is 12.3. The smallest absolute Gasteiger partial charge is 0.107 e. The van der Waals surface area contributed by atoms with Crippen molar-refractivity contribution in [1.29, 1.82) is 0 Å². The highest BCUT2D eigenvalue weighted by molar-refractivity contribution is 5.13. The predicted molar refractivity (Wildman–Crippen MR) is 79.5 cm³/mol. The Bertz CT molecular complexity index is 366. The number of benzene rings is 1. The molecule has 112 valence electrons. The van der Waals surface area contributed by atoms with Crippen molar-refractivity contribution in [2.24, 2.45) is 5.92 Å². The fraction of sp³-hybridized carbons (Fsp3) is 0.647. The van der Waals surface area contributed by atoms with E-state index in [2.05, 4.69) is 19.1 Å². The van der Waals surface area contributed by atoms with Gasteiger partial charge in [-0.05, 0) is 24.3 Å². The summed E-state index contributed by atoms with van der Waals surface area (Å²) < 4.78 is 11.0. The lowest BCUT2D eigenvalue weighted by atomic mass is 10.00. The highest BCUT2D eigenvalue weighted by Gasteiger charge is 2.37. The molecule has 1 fully saturated rings. The quantitative estimate of drug-likeness (QED) is 0.528. The number of epoxide rings is 1. The Balaban J connectivity index is 1.45. The number of rotatable bonds is 10. The predicted octanol–water partition coefficient (Wildman–Crippen LogP) is 3.16. The van der Waals surface area contributed by atoms with Gasteiger partial charge in [-0.3, -0.25) is 0 Å². The van der Waals surface area contributed by atoms with E-state index in [9.17, 15) is 0 Å². The Labute approximate surface area is 121 Å². The molecule has 1 saturated heterocycles. The Kier molecular flexibility index (Phi) is 6.51. The zero-order chi connectivity index (χ0) is 14.2. The fourth-order valence-corrected chi connectivity index (χ4v) is 2.45. The third-order valence-electron chi connectivity index (χ3n) is 3.92. The third-order valence-corrected chi connectivity index (χ3v) is 3.92. The maximum Gasteiger partial charge on any atom is 0.107 e. The van der Waals surface area contributed by atoms with Crippen molar-refractivity contribution in [2.75, 3.05) is 13.2 Å². The molecule has 0 unspecified atom stereocenters. The molecular formula is C17H26O3. The average molecular weight is 278 g/mol. The molecule has 0 bridgehead atoms. The van der Waals surface area contributed by atoms with Gasteiger partial charge in [0.25, 0.3) is 0 Å². The van der Waals surface area contributed by atoms with Crippen LogP contribution in [0.25, 0.3) is 0 Å². The minimum absolute atomic E-state index is 0.125. The Hall–Kier alpha value is -0.900. The number of ether oxygens (including phenoxy) is 2. The molecule has 0 aromatic heterocycles. The van der Waals surface area contributed by atoms with Gasteiger partial charge >= 0.3 is 0 Å². The van der Waals surface area contributed by atoms with E-state index < -0.39 is 0 Å². The number of aliphatic hydroxyl groups is 1. The van der Waals surface area contributed by atoms with Gasteiger partial charge in [-0.2, -0.15) is 0 Å². The minimum atomic E-state index is 0.125. The summed E-state index contributed by atoms with van der Waals surface area (Å²) in [7, 11) is 0. The van der Waals surface area contributed by atoms with Crippen molar-refractivity contribution in [1.82, 2.24) is 0 Å². The molecule has 0 spiro atoms. The van der Waals surface area contributed by atoms with Crippen LogP contribution in [0.1, 0.15) is 38.2 Å². The van der Waals surface area contributed by atoms with E-state index in [4.69, 9.17) is 14.6 Å². The van der Waals surface area contributed by atoms with Crippen molar-refractivity contribution < 1.29 is 14.6 Å². The zero-order valence-electron chi connectivity index (χ0n) is 12.3. The lowest BCUT2D eigenvalue weighted by Gasteiger charge is -2.11. The summed E-state index contributed by atoms with van der Waals surface area (Å²) >= 11 is 0. The number of aliphatic hydroxyl groups excluding tert-OH is 1. The van der Waals surface area contributed by atoms with Crippen LogP contribution < -0.4 is 0 Å². The van der Waals surface area contributed by atoms with E-state index in [1.165, 1.54) is 18.4 Å². The van der Waals surface area contributed by atoms with E-state index in [1.54, 1.807) is 0 Å². The summed E-state index contributed by atoms with van der Waals surface area (Å²) in [5, 5.41) is 8.88. The largest absolute Gasteiger partial charge is 0.394 e. The van der Waals surface area contributed by atoms with Crippen LogP contribution in [0.4, 0.5) is 0 Å². The Morgan fingerprint density at radius 3 is 2.70 bits per heavy atom. The van der Waals surface area contributed by atoms with Gasteiger partial charge in [-0.25, -0.2) is 0 Å². The molecule has 0 aliphatic carbocycles. The summed E-state index contributed by atoms with van der Waals surface area (Å²) in [6, 6.07) is 10.3. The second-order valence-corrected chi connectivity index (χ2v) is 5.76. The molecule has 1 aliphatic rings. The molecule has 3 atom stereocenters. The van der Waals surface area contributed by atoms with Gasteiger partial charge in [-0.1, -0.05) is 50.1 Å². The van der Waals surface area contributed by atoms with E-state index in [0.717, 1.165) is 19.4 Å². The van der Waals surface area contributed by atoms with E-state index in [-0.39, 0.29) is 12.7 Å². The fourth-order valence-electron chi connectivity index (χ4n) is 2.45.